The fourth-order valence-electron chi connectivity index (χ4n) is 3.62. The number of rotatable bonds is 18. The van der Waals surface area contributed by atoms with Crippen LogP contribution >= 0.6 is 7.60 Å². The Morgan fingerprint density at radius 3 is 1.61 bits per heavy atom. The second kappa shape index (κ2) is 16.2. The summed E-state index contributed by atoms with van der Waals surface area (Å²) < 4.78 is 11.7. The highest BCUT2D eigenvalue weighted by Crippen LogP contribution is 2.49. The van der Waals surface area contributed by atoms with E-state index in [-0.39, 0.29) is 0 Å². The molecule has 0 saturated heterocycles. The molecule has 0 aromatic heterocycles. The van der Waals surface area contributed by atoms with Crippen molar-refractivity contribution in [3.05, 3.63) is 35.9 Å². The second-order valence-electron chi connectivity index (χ2n) is 7.95. The SMILES string of the molecule is CCCCCCCCCCCCCCCCNC(c1ccccc1)P(=O)(O)O. The van der Waals surface area contributed by atoms with Gasteiger partial charge in [0.05, 0.1) is 0 Å². The van der Waals surface area contributed by atoms with Gasteiger partial charge in [-0.3, -0.25) is 9.88 Å². The summed E-state index contributed by atoms with van der Waals surface area (Å²) in [6, 6.07) is 9.01. The molecule has 0 aliphatic heterocycles. The van der Waals surface area contributed by atoms with Crippen molar-refractivity contribution in [3.63, 3.8) is 0 Å². The molecule has 0 amide bonds. The molecule has 4 nitrogen and oxygen atoms in total. The van der Waals surface area contributed by atoms with Crippen LogP contribution in [-0.4, -0.2) is 16.3 Å². The molecule has 0 fully saturated rings. The van der Waals surface area contributed by atoms with Crippen LogP contribution in [0.15, 0.2) is 30.3 Å². The lowest BCUT2D eigenvalue weighted by molar-refractivity contribution is 0.347. The van der Waals surface area contributed by atoms with Gasteiger partial charge in [-0.15, -0.1) is 0 Å². The molecular weight excluding hydrogens is 369 g/mol. The van der Waals surface area contributed by atoms with E-state index >= 15 is 0 Å². The van der Waals surface area contributed by atoms with Crippen LogP contribution in [0.1, 0.15) is 108 Å². The summed E-state index contributed by atoms with van der Waals surface area (Å²) in [7, 11) is -4.20. The minimum atomic E-state index is -4.20. The molecule has 1 atom stereocenters. The molecule has 0 bridgehead atoms. The largest absolute Gasteiger partial charge is 0.346 e. The molecule has 0 aliphatic carbocycles. The first-order valence-corrected chi connectivity index (χ1v) is 13.1. The molecule has 1 aromatic rings. The van der Waals surface area contributed by atoms with E-state index in [1.165, 1.54) is 77.0 Å². The zero-order valence-electron chi connectivity index (χ0n) is 17.8. The maximum Gasteiger partial charge on any atom is 0.346 e. The molecule has 0 radical (unpaired) electrons. The van der Waals surface area contributed by atoms with Gasteiger partial charge in [0.25, 0.3) is 0 Å². The number of hydrogen-bond donors (Lipinski definition) is 3. The average molecular weight is 412 g/mol. The number of nitrogens with one attached hydrogen (secondary N) is 1. The summed E-state index contributed by atoms with van der Waals surface area (Å²) in [5.74, 6) is -0.893. The van der Waals surface area contributed by atoms with E-state index in [0.29, 0.717) is 12.1 Å². The van der Waals surface area contributed by atoms with E-state index in [1.807, 2.05) is 18.2 Å². The third kappa shape index (κ3) is 12.7. The van der Waals surface area contributed by atoms with Gasteiger partial charge in [0, 0.05) is 0 Å². The molecule has 0 spiro atoms. The maximum absolute atomic E-state index is 11.7. The first-order chi connectivity index (χ1) is 13.6. The summed E-state index contributed by atoms with van der Waals surface area (Å²) >= 11 is 0. The van der Waals surface area contributed by atoms with Gasteiger partial charge in [0.15, 0.2) is 0 Å². The highest BCUT2D eigenvalue weighted by atomic mass is 31.2. The molecule has 1 rings (SSSR count). The third-order valence-electron chi connectivity index (χ3n) is 5.32. The number of hydrogen-bond acceptors (Lipinski definition) is 2. The zero-order valence-corrected chi connectivity index (χ0v) is 18.7. The lowest BCUT2D eigenvalue weighted by atomic mass is 10.0. The summed E-state index contributed by atoms with van der Waals surface area (Å²) in [6.45, 7) is 2.91. The van der Waals surface area contributed by atoms with E-state index in [2.05, 4.69) is 12.2 Å². The average Bonchev–Trinajstić information content (AvgIpc) is 2.67. The summed E-state index contributed by atoms with van der Waals surface area (Å²) in [5.41, 5.74) is 0.654. The zero-order chi connectivity index (χ0) is 20.5. The van der Waals surface area contributed by atoms with E-state index in [1.54, 1.807) is 12.1 Å². The van der Waals surface area contributed by atoms with Crippen molar-refractivity contribution in [1.82, 2.24) is 5.32 Å². The van der Waals surface area contributed by atoms with Crippen LogP contribution in [0, 0.1) is 0 Å². The minimum Gasteiger partial charge on any atom is -0.323 e. The molecule has 3 N–H and O–H groups in total. The van der Waals surface area contributed by atoms with Crippen molar-refractivity contribution in [2.75, 3.05) is 6.54 Å². The predicted molar refractivity (Wildman–Crippen MR) is 120 cm³/mol. The van der Waals surface area contributed by atoms with Crippen LogP contribution in [-0.2, 0) is 4.57 Å². The van der Waals surface area contributed by atoms with Crippen molar-refractivity contribution in [2.24, 2.45) is 0 Å². The Morgan fingerprint density at radius 1 is 0.750 bits per heavy atom. The molecule has 0 heterocycles. The summed E-state index contributed by atoms with van der Waals surface area (Å²) in [4.78, 5) is 19.2. The first kappa shape index (κ1) is 25.4. The van der Waals surface area contributed by atoms with Crippen molar-refractivity contribution < 1.29 is 14.4 Å². The summed E-state index contributed by atoms with van der Waals surface area (Å²) in [6.07, 6.45) is 18.3. The van der Waals surface area contributed by atoms with Gasteiger partial charge >= 0.3 is 7.60 Å². The van der Waals surface area contributed by atoms with Crippen molar-refractivity contribution >= 4 is 7.60 Å². The molecular formula is C23H42NO3P. The maximum atomic E-state index is 11.7. The number of unbranched alkanes of at least 4 members (excludes halogenated alkanes) is 13. The second-order valence-corrected chi connectivity index (χ2v) is 9.65. The Labute approximate surface area is 172 Å². The smallest absolute Gasteiger partial charge is 0.323 e. The quantitative estimate of drug-likeness (QED) is 0.181. The Hall–Kier alpha value is -0.670. The van der Waals surface area contributed by atoms with E-state index in [4.69, 9.17) is 0 Å². The monoisotopic (exact) mass is 411 g/mol. The van der Waals surface area contributed by atoms with Crippen LogP contribution in [0.4, 0.5) is 0 Å². The Bertz CT molecular complexity index is 518. The third-order valence-corrected chi connectivity index (χ3v) is 6.47. The first-order valence-electron chi connectivity index (χ1n) is 11.4. The molecule has 5 heteroatoms. The molecule has 0 saturated carbocycles. The van der Waals surface area contributed by atoms with Gasteiger partial charge in [-0.25, -0.2) is 0 Å². The van der Waals surface area contributed by atoms with Crippen LogP contribution in [0.3, 0.4) is 0 Å². The number of benzene rings is 1. The van der Waals surface area contributed by atoms with Crippen LogP contribution < -0.4 is 5.32 Å². The van der Waals surface area contributed by atoms with E-state index in [0.717, 1.165) is 12.8 Å². The van der Waals surface area contributed by atoms with Crippen LogP contribution in [0.5, 0.6) is 0 Å². The topological polar surface area (TPSA) is 69.6 Å². The van der Waals surface area contributed by atoms with Crippen LogP contribution in [0.2, 0.25) is 0 Å². The van der Waals surface area contributed by atoms with Gasteiger partial charge in [-0.05, 0) is 18.5 Å². The highest BCUT2D eigenvalue weighted by Gasteiger charge is 2.29. The fraction of sp³-hybridized carbons (Fsp3) is 0.739. The minimum absolute atomic E-state index is 0.642. The molecule has 0 aliphatic rings. The molecule has 162 valence electrons. The Kier molecular flexibility index (Phi) is 14.6. The van der Waals surface area contributed by atoms with Gasteiger partial charge in [0.1, 0.15) is 5.78 Å². The van der Waals surface area contributed by atoms with E-state index < -0.39 is 13.4 Å². The van der Waals surface area contributed by atoms with Crippen molar-refractivity contribution in [1.29, 1.82) is 0 Å². The normalized spacial score (nSPS) is 13.0. The standard InChI is InChI=1S/C23H42NO3P/c1-2-3-4-5-6-7-8-9-10-11-12-13-14-18-21-24-23(28(25,26)27)22-19-16-15-17-20-22/h15-17,19-20,23-24H,2-14,18,21H2,1H3,(H2,25,26,27). The van der Waals surface area contributed by atoms with Gasteiger partial charge in [0.2, 0.25) is 0 Å². The van der Waals surface area contributed by atoms with Gasteiger partial charge < -0.3 is 9.79 Å². The highest BCUT2D eigenvalue weighted by molar-refractivity contribution is 7.52. The predicted octanol–water partition coefficient (Wildman–Crippen LogP) is 6.93. The summed E-state index contributed by atoms with van der Waals surface area (Å²) in [5, 5.41) is 3.06. The van der Waals surface area contributed by atoms with E-state index in [9.17, 15) is 14.4 Å². The molecule has 28 heavy (non-hydrogen) atoms. The molecule has 1 aromatic carbocycles. The van der Waals surface area contributed by atoms with Crippen molar-refractivity contribution in [3.8, 4) is 0 Å². The van der Waals surface area contributed by atoms with Crippen LogP contribution in [0.25, 0.3) is 0 Å². The molecule has 1 unspecified atom stereocenters. The lowest BCUT2D eigenvalue weighted by Gasteiger charge is -2.20. The van der Waals surface area contributed by atoms with Gasteiger partial charge in [-0.1, -0.05) is 121 Å². The van der Waals surface area contributed by atoms with Crippen molar-refractivity contribution in [2.45, 2.75) is 103 Å². The fourth-order valence-corrected chi connectivity index (χ4v) is 4.55. The Morgan fingerprint density at radius 2 is 1.18 bits per heavy atom. The Balaban J connectivity index is 1.97. The van der Waals surface area contributed by atoms with Gasteiger partial charge in [-0.2, -0.15) is 0 Å². The lowest BCUT2D eigenvalue weighted by Crippen LogP contribution is -2.22.